The molecule has 0 spiro atoms. The summed E-state index contributed by atoms with van der Waals surface area (Å²) in [4.78, 5) is 0. The van der Waals surface area contributed by atoms with E-state index >= 15 is 0 Å². The Morgan fingerprint density at radius 2 is 0.800 bits per heavy atom. The van der Waals surface area contributed by atoms with E-state index in [1.165, 1.54) is 53.3 Å². The van der Waals surface area contributed by atoms with Gasteiger partial charge in [0.2, 0.25) is 0 Å². The summed E-state index contributed by atoms with van der Waals surface area (Å²) in [5.41, 5.74) is 1.45. The van der Waals surface area contributed by atoms with E-state index in [-0.39, 0.29) is 0 Å². The molecule has 4 rings (SSSR count). The van der Waals surface area contributed by atoms with Gasteiger partial charge in [-0.3, -0.25) is 0 Å². The third kappa shape index (κ3) is 4.72. The van der Waals surface area contributed by atoms with E-state index in [1.807, 2.05) is 0 Å². The number of aryl methyl sites for hydroxylation is 1. The summed E-state index contributed by atoms with van der Waals surface area (Å²) < 4.78 is 0. The SMILES string of the molecule is c1ccc(CCCCC[PH](c2ccccc2)(c2ccccc2)c2ccccc2)cc1. The number of unbranched alkanes of at least 4 members (excludes halogenated alkanes) is 2. The van der Waals surface area contributed by atoms with Gasteiger partial charge in [-0.1, -0.05) is 0 Å². The van der Waals surface area contributed by atoms with Gasteiger partial charge in [0, 0.05) is 0 Å². The van der Waals surface area contributed by atoms with Crippen LogP contribution in [0, 0.1) is 0 Å². The molecule has 0 aliphatic heterocycles. The van der Waals surface area contributed by atoms with E-state index in [9.17, 15) is 0 Å². The van der Waals surface area contributed by atoms with Gasteiger partial charge in [0.1, 0.15) is 0 Å². The van der Waals surface area contributed by atoms with Gasteiger partial charge < -0.3 is 0 Å². The molecule has 0 saturated heterocycles. The van der Waals surface area contributed by atoms with Gasteiger partial charge in [-0.25, -0.2) is 0 Å². The van der Waals surface area contributed by atoms with Crippen molar-refractivity contribution in [1.82, 2.24) is 0 Å². The van der Waals surface area contributed by atoms with Gasteiger partial charge in [-0.2, -0.15) is 0 Å². The molecule has 0 saturated carbocycles. The Labute approximate surface area is 182 Å². The molecule has 1 heteroatoms. The van der Waals surface area contributed by atoms with Crippen LogP contribution in [-0.4, -0.2) is 6.16 Å². The first-order valence-electron chi connectivity index (χ1n) is 11.1. The topological polar surface area (TPSA) is 0 Å². The molecule has 0 aliphatic carbocycles. The van der Waals surface area contributed by atoms with Crippen LogP contribution in [0.15, 0.2) is 121 Å². The fourth-order valence-electron chi connectivity index (χ4n) is 4.64. The summed E-state index contributed by atoms with van der Waals surface area (Å²) in [6.07, 6.45) is 6.22. The maximum atomic E-state index is 2.36. The summed E-state index contributed by atoms with van der Waals surface area (Å²) in [7, 11) is -2.05. The van der Waals surface area contributed by atoms with E-state index in [4.69, 9.17) is 0 Å². The quantitative estimate of drug-likeness (QED) is 0.230. The third-order valence-electron chi connectivity index (χ3n) is 6.16. The van der Waals surface area contributed by atoms with Crippen molar-refractivity contribution in [2.45, 2.75) is 25.7 Å². The van der Waals surface area contributed by atoms with Crippen LogP contribution in [0.5, 0.6) is 0 Å². The fourth-order valence-corrected chi connectivity index (χ4v) is 9.57. The van der Waals surface area contributed by atoms with Gasteiger partial charge in [0.15, 0.2) is 0 Å². The van der Waals surface area contributed by atoms with Crippen molar-refractivity contribution in [2.75, 3.05) is 6.16 Å². The Bertz CT molecular complexity index is 899. The molecule has 0 unspecified atom stereocenters. The first-order chi connectivity index (χ1) is 14.9. The van der Waals surface area contributed by atoms with Gasteiger partial charge in [-0.05, 0) is 0 Å². The molecule has 4 aromatic carbocycles. The van der Waals surface area contributed by atoms with E-state index in [0.717, 1.165) is 0 Å². The van der Waals surface area contributed by atoms with Crippen LogP contribution in [0.1, 0.15) is 24.8 Å². The Kier molecular flexibility index (Phi) is 7.11. The summed E-state index contributed by atoms with van der Waals surface area (Å²) in [6.45, 7) is 0. The standard InChI is InChI=1S/C29H31P/c1-6-16-26(17-7-1)18-8-5-15-25-30(27-19-9-2-10-20-27,28-21-11-3-12-22-28)29-23-13-4-14-24-29/h1-4,6-7,9-14,16-17,19-24,30H,5,8,15,18,25H2. The van der Waals surface area contributed by atoms with E-state index in [0.29, 0.717) is 0 Å². The molecule has 0 bridgehead atoms. The van der Waals surface area contributed by atoms with Crippen LogP contribution in [0.3, 0.4) is 0 Å². The van der Waals surface area contributed by atoms with Crippen molar-refractivity contribution in [1.29, 1.82) is 0 Å². The van der Waals surface area contributed by atoms with Crippen molar-refractivity contribution in [3.63, 3.8) is 0 Å². The summed E-state index contributed by atoms with van der Waals surface area (Å²) in [6, 6.07) is 44.7. The molecule has 0 amide bonds. The van der Waals surface area contributed by atoms with Crippen molar-refractivity contribution < 1.29 is 0 Å². The molecule has 0 radical (unpaired) electrons. The minimum absolute atomic E-state index is 1.18. The molecular formula is C29H31P. The average Bonchev–Trinajstić information content (AvgIpc) is 2.84. The Balaban J connectivity index is 1.61. The monoisotopic (exact) mass is 410 g/mol. The molecule has 4 aromatic rings. The van der Waals surface area contributed by atoms with E-state index in [2.05, 4.69) is 121 Å². The van der Waals surface area contributed by atoms with Crippen LogP contribution in [0.2, 0.25) is 0 Å². The van der Waals surface area contributed by atoms with Crippen LogP contribution in [-0.2, 0) is 6.42 Å². The van der Waals surface area contributed by atoms with Crippen molar-refractivity contribution >= 4 is 23.2 Å². The molecule has 0 N–H and O–H groups in total. The number of benzene rings is 4. The van der Waals surface area contributed by atoms with E-state index < -0.39 is 7.26 Å². The van der Waals surface area contributed by atoms with Crippen molar-refractivity contribution in [2.24, 2.45) is 0 Å². The normalized spacial score (nSPS) is 11.9. The van der Waals surface area contributed by atoms with Crippen molar-refractivity contribution in [3.05, 3.63) is 127 Å². The summed E-state index contributed by atoms with van der Waals surface area (Å²) in [5, 5.41) is 4.56. The zero-order chi connectivity index (χ0) is 20.5. The van der Waals surface area contributed by atoms with Crippen LogP contribution in [0.4, 0.5) is 0 Å². The van der Waals surface area contributed by atoms with Gasteiger partial charge in [0.25, 0.3) is 0 Å². The Hall–Kier alpha value is -2.69. The molecule has 0 fully saturated rings. The van der Waals surface area contributed by atoms with Crippen LogP contribution < -0.4 is 15.9 Å². The summed E-state index contributed by atoms with van der Waals surface area (Å²) in [5.74, 6) is 0. The fraction of sp³-hybridized carbons (Fsp3) is 0.172. The maximum absolute atomic E-state index is 2.36. The van der Waals surface area contributed by atoms with Crippen LogP contribution >= 0.6 is 7.26 Å². The van der Waals surface area contributed by atoms with Gasteiger partial charge in [0.05, 0.1) is 0 Å². The summed E-state index contributed by atoms with van der Waals surface area (Å²) >= 11 is 0. The third-order valence-corrected chi connectivity index (χ3v) is 11.2. The van der Waals surface area contributed by atoms with Crippen molar-refractivity contribution in [3.8, 4) is 0 Å². The molecule has 0 nitrogen and oxygen atoms in total. The zero-order valence-electron chi connectivity index (χ0n) is 17.6. The zero-order valence-corrected chi connectivity index (χ0v) is 18.6. The molecule has 0 aromatic heterocycles. The van der Waals surface area contributed by atoms with Gasteiger partial charge >= 0.3 is 182 Å². The molecular weight excluding hydrogens is 379 g/mol. The van der Waals surface area contributed by atoms with Gasteiger partial charge in [-0.15, -0.1) is 0 Å². The second-order valence-corrected chi connectivity index (χ2v) is 12.1. The molecule has 30 heavy (non-hydrogen) atoms. The van der Waals surface area contributed by atoms with E-state index in [1.54, 1.807) is 0 Å². The predicted molar refractivity (Wildman–Crippen MR) is 135 cm³/mol. The second kappa shape index (κ2) is 10.4. The number of hydrogen-bond acceptors (Lipinski definition) is 0. The average molecular weight is 411 g/mol. The molecule has 152 valence electrons. The minimum atomic E-state index is -2.05. The Morgan fingerprint density at radius 1 is 0.400 bits per heavy atom. The van der Waals surface area contributed by atoms with Crippen LogP contribution in [0.25, 0.3) is 0 Å². The second-order valence-electron chi connectivity index (χ2n) is 8.05. The predicted octanol–water partition coefficient (Wildman–Crippen LogP) is 6.13. The molecule has 0 atom stereocenters. The first-order valence-corrected chi connectivity index (χ1v) is 13.3. The number of hydrogen-bond donors (Lipinski definition) is 0. The Morgan fingerprint density at radius 3 is 1.23 bits per heavy atom. The number of rotatable bonds is 9. The first kappa shape index (κ1) is 20.6. The molecule has 0 aliphatic rings. The molecule has 0 heterocycles.